The molecule has 2 aromatic carbocycles. The summed E-state index contributed by atoms with van der Waals surface area (Å²) in [4.78, 5) is 0. The first kappa shape index (κ1) is 13.2. The Morgan fingerprint density at radius 1 is 1.10 bits per heavy atom. The molecule has 2 N–H and O–H groups in total. The maximum atomic E-state index is 6.61. The summed E-state index contributed by atoms with van der Waals surface area (Å²) >= 11 is 0. The molecule has 0 aliphatic carbocycles. The highest BCUT2D eigenvalue weighted by Crippen LogP contribution is 2.36. The van der Waals surface area contributed by atoms with Crippen LogP contribution in [-0.2, 0) is 18.4 Å². The lowest BCUT2D eigenvalue weighted by molar-refractivity contribution is 0.277. The number of rotatable bonds is 3. The second-order valence-electron chi connectivity index (χ2n) is 5.83. The van der Waals surface area contributed by atoms with Crippen LogP contribution in [-0.4, -0.2) is 6.61 Å². The number of ether oxygens (including phenoxy) is 1. The summed E-state index contributed by atoms with van der Waals surface area (Å²) < 4.78 is 5.90. The molecule has 1 atom stereocenters. The molecule has 1 unspecified atom stereocenters. The Morgan fingerprint density at radius 3 is 2.70 bits per heavy atom. The molecule has 0 radical (unpaired) electrons. The van der Waals surface area contributed by atoms with Gasteiger partial charge in [-0.25, -0.2) is 0 Å². The van der Waals surface area contributed by atoms with E-state index in [1.165, 1.54) is 11.1 Å². The first-order valence-electron chi connectivity index (χ1n) is 7.25. The van der Waals surface area contributed by atoms with E-state index >= 15 is 0 Å². The van der Waals surface area contributed by atoms with E-state index in [2.05, 4.69) is 49.4 Å². The Hall–Kier alpha value is -1.80. The van der Waals surface area contributed by atoms with Crippen molar-refractivity contribution in [2.75, 3.05) is 6.61 Å². The van der Waals surface area contributed by atoms with Gasteiger partial charge < -0.3 is 10.5 Å². The fourth-order valence-corrected chi connectivity index (χ4v) is 2.95. The summed E-state index contributed by atoms with van der Waals surface area (Å²) in [5.74, 6) is 1.01. The van der Waals surface area contributed by atoms with Crippen LogP contribution in [0.25, 0.3) is 0 Å². The van der Waals surface area contributed by atoms with Crippen LogP contribution in [0.2, 0.25) is 0 Å². The number of fused-ring (bicyclic) bond motifs is 1. The highest BCUT2D eigenvalue weighted by molar-refractivity contribution is 5.47. The molecule has 0 spiro atoms. The van der Waals surface area contributed by atoms with Gasteiger partial charge in [-0.2, -0.15) is 0 Å². The van der Waals surface area contributed by atoms with Crippen LogP contribution in [0.3, 0.4) is 0 Å². The van der Waals surface area contributed by atoms with Crippen LogP contribution in [0.4, 0.5) is 0 Å². The summed E-state index contributed by atoms with van der Waals surface area (Å²) in [6.45, 7) is 2.89. The Balaban J connectivity index is 1.95. The number of nitrogens with two attached hydrogens (primary N) is 1. The van der Waals surface area contributed by atoms with Crippen molar-refractivity contribution in [3.8, 4) is 5.75 Å². The summed E-state index contributed by atoms with van der Waals surface area (Å²) in [5.41, 5.74) is 9.87. The van der Waals surface area contributed by atoms with E-state index in [1.807, 2.05) is 6.07 Å². The van der Waals surface area contributed by atoms with Gasteiger partial charge in [0, 0.05) is 11.1 Å². The van der Waals surface area contributed by atoms with E-state index in [0.717, 1.165) is 37.2 Å². The SMILES string of the molecule is CC(N)(Cc1ccccc1)c1cccc2c1OCCC2. The Labute approximate surface area is 120 Å². The molecule has 1 heterocycles. The molecule has 0 bridgehead atoms. The fourth-order valence-electron chi connectivity index (χ4n) is 2.95. The molecule has 3 rings (SSSR count). The van der Waals surface area contributed by atoms with Crippen molar-refractivity contribution in [3.05, 3.63) is 65.2 Å². The zero-order chi connectivity index (χ0) is 14.0. The van der Waals surface area contributed by atoms with Crippen LogP contribution < -0.4 is 10.5 Å². The predicted molar refractivity (Wildman–Crippen MR) is 81.9 cm³/mol. The monoisotopic (exact) mass is 267 g/mol. The lowest BCUT2D eigenvalue weighted by Crippen LogP contribution is -2.36. The quantitative estimate of drug-likeness (QED) is 0.924. The fraction of sp³-hybridized carbons (Fsp3) is 0.333. The van der Waals surface area contributed by atoms with Gasteiger partial charge in [0.25, 0.3) is 0 Å². The first-order chi connectivity index (χ1) is 9.67. The van der Waals surface area contributed by atoms with Crippen LogP contribution in [0.1, 0.15) is 30.0 Å². The molecular formula is C18H21NO. The second kappa shape index (κ2) is 5.29. The van der Waals surface area contributed by atoms with Crippen molar-refractivity contribution >= 4 is 0 Å². The van der Waals surface area contributed by atoms with Crippen molar-refractivity contribution in [2.45, 2.75) is 31.7 Å². The Kier molecular flexibility index (Phi) is 3.49. The molecule has 20 heavy (non-hydrogen) atoms. The first-order valence-corrected chi connectivity index (χ1v) is 7.25. The van der Waals surface area contributed by atoms with Crippen LogP contribution >= 0.6 is 0 Å². The van der Waals surface area contributed by atoms with Gasteiger partial charge in [-0.3, -0.25) is 0 Å². The van der Waals surface area contributed by atoms with Crippen molar-refractivity contribution < 1.29 is 4.74 Å². The lowest BCUT2D eigenvalue weighted by Gasteiger charge is -2.30. The Morgan fingerprint density at radius 2 is 1.90 bits per heavy atom. The maximum Gasteiger partial charge on any atom is 0.127 e. The van der Waals surface area contributed by atoms with Crippen LogP contribution in [0, 0.1) is 0 Å². The van der Waals surface area contributed by atoms with E-state index in [4.69, 9.17) is 10.5 Å². The largest absolute Gasteiger partial charge is 0.493 e. The van der Waals surface area contributed by atoms with Crippen molar-refractivity contribution in [1.29, 1.82) is 0 Å². The third-order valence-electron chi connectivity index (χ3n) is 3.96. The minimum Gasteiger partial charge on any atom is -0.493 e. The van der Waals surface area contributed by atoms with E-state index in [9.17, 15) is 0 Å². The minimum absolute atomic E-state index is 0.413. The third kappa shape index (κ3) is 2.56. The van der Waals surface area contributed by atoms with Gasteiger partial charge in [-0.15, -0.1) is 0 Å². The molecule has 2 aromatic rings. The molecule has 0 saturated heterocycles. The Bertz CT molecular complexity index is 590. The van der Waals surface area contributed by atoms with E-state index in [-0.39, 0.29) is 0 Å². The summed E-state index contributed by atoms with van der Waals surface area (Å²) in [5, 5.41) is 0. The number of para-hydroxylation sites is 1. The van der Waals surface area contributed by atoms with Gasteiger partial charge in [-0.05, 0) is 37.3 Å². The lowest BCUT2D eigenvalue weighted by atomic mass is 9.84. The molecule has 1 aliphatic rings. The van der Waals surface area contributed by atoms with E-state index in [0.29, 0.717) is 0 Å². The molecule has 104 valence electrons. The normalized spacial score (nSPS) is 16.9. The van der Waals surface area contributed by atoms with Gasteiger partial charge in [0.15, 0.2) is 0 Å². The van der Waals surface area contributed by atoms with Gasteiger partial charge in [0.05, 0.1) is 6.61 Å². The average Bonchev–Trinajstić information content (AvgIpc) is 2.47. The van der Waals surface area contributed by atoms with Crippen molar-refractivity contribution in [1.82, 2.24) is 0 Å². The maximum absolute atomic E-state index is 6.61. The molecule has 2 nitrogen and oxygen atoms in total. The van der Waals surface area contributed by atoms with Crippen molar-refractivity contribution in [2.24, 2.45) is 5.73 Å². The number of benzene rings is 2. The average molecular weight is 267 g/mol. The van der Waals surface area contributed by atoms with Crippen LogP contribution in [0.15, 0.2) is 48.5 Å². The molecule has 0 amide bonds. The van der Waals surface area contributed by atoms with Crippen LogP contribution in [0.5, 0.6) is 5.75 Å². The molecular weight excluding hydrogens is 246 g/mol. The number of aryl methyl sites for hydroxylation is 1. The minimum atomic E-state index is -0.413. The summed E-state index contributed by atoms with van der Waals surface area (Å²) in [7, 11) is 0. The highest BCUT2D eigenvalue weighted by Gasteiger charge is 2.28. The van der Waals surface area contributed by atoms with Gasteiger partial charge in [0.1, 0.15) is 5.75 Å². The van der Waals surface area contributed by atoms with Crippen molar-refractivity contribution in [3.63, 3.8) is 0 Å². The number of hydrogen-bond donors (Lipinski definition) is 1. The van der Waals surface area contributed by atoms with E-state index in [1.54, 1.807) is 0 Å². The van der Waals surface area contributed by atoms with Gasteiger partial charge >= 0.3 is 0 Å². The predicted octanol–water partition coefficient (Wildman–Crippen LogP) is 3.43. The third-order valence-corrected chi connectivity index (χ3v) is 3.96. The zero-order valence-corrected chi connectivity index (χ0v) is 11.9. The molecule has 0 saturated carbocycles. The topological polar surface area (TPSA) is 35.2 Å². The molecule has 0 fully saturated rings. The highest BCUT2D eigenvalue weighted by atomic mass is 16.5. The second-order valence-corrected chi connectivity index (χ2v) is 5.83. The van der Waals surface area contributed by atoms with E-state index < -0.39 is 5.54 Å². The molecule has 0 aromatic heterocycles. The smallest absolute Gasteiger partial charge is 0.127 e. The standard InChI is InChI=1S/C18H21NO/c1-18(19,13-14-7-3-2-4-8-14)16-11-5-9-15-10-6-12-20-17(15)16/h2-5,7-9,11H,6,10,12-13,19H2,1H3. The van der Waals surface area contributed by atoms with Gasteiger partial charge in [0.2, 0.25) is 0 Å². The summed E-state index contributed by atoms with van der Waals surface area (Å²) in [6, 6.07) is 16.8. The molecule has 1 aliphatic heterocycles. The zero-order valence-electron chi connectivity index (χ0n) is 11.9. The molecule has 2 heteroatoms. The summed E-state index contributed by atoms with van der Waals surface area (Å²) in [6.07, 6.45) is 2.99. The van der Waals surface area contributed by atoms with Gasteiger partial charge in [-0.1, -0.05) is 48.5 Å². The number of hydrogen-bond acceptors (Lipinski definition) is 2.